The van der Waals surface area contributed by atoms with E-state index in [0.717, 1.165) is 48.3 Å². The molecule has 202 valence electrons. The highest BCUT2D eigenvalue weighted by Gasteiger charge is 2.37. The van der Waals surface area contributed by atoms with Crippen LogP contribution in [0.2, 0.25) is 5.02 Å². The van der Waals surface area contributed by atoms with Crippen LogP contribution in [-0.4, -0.2) is 39.9 Å². The molecule has 0 bridgehead atoms. The number of anilines is 1. The summed E-state index contributed by atoms with van der Waals surface area (Å²) in [5.41, 5.74) is 4.45. The molecule has 7 nitrogen and oxygen atoms in total. The van der Waals surface area contributed by atoms with Crippen molar-refractivity contribution in [1.29, 1.82) is 0 Å². The van der Waals surface area contributed by atoms with Gasteiger partial charge in [0.2, 0.25) is 0 Å². The first-order valence-corrected chi connectivity index (χ1v) is 14.5. The molecular formula is C29H33ClNO6P. The van der Waals surface area contributed by atoms with Crippen molar-refractivity contribution in [3.05, 3.63) is 88.9 Å². The molecular weight excluding hydrogens is 525 g/mol. The van der Waals surface area contributed by atoms with E-state index in [9.17, 15) is 9.36 Å². The minimum absolute atomic E-state index is 0.0668. The molecule has 1 atom stereocenters. The lowest BCUT2D eigenvalue weighted by Crippen LogP contribution is -2.36. The van der Waals surface area contributed by atoms with Crippen molar-refractivity contribution < 1.29 is 27.7 Å². The summed E-state index contributed by atoms with van der Waals surface area (Å²) in [4.78, 5) is 14.3. The van der Waals surface area contributed by atoms with E-state index in [1.54, 1.807) is 19.1 Å². The molecule has 0 saturated carbocycles. The van der Waals surface area contributed by atoms with Crippen molar-refractivity contribution in [1.82, 2.24) is 0 Å². The lowest BCUT2D eigenvalue weighted by molar-refractivity contribution is 0.0525. The number of esters is 1. The highest BCUT2D eigenvalue weighted by molar-refractivity contribution is 7.48. The van der Waals surface area contributed by atoms with Crippen LogP contribution in [0.4, 0.5) is 5.69 Å². The highest BCUT2D eigenvalue weighted by atomic mass is 35.5. The Labute approximate surface area is 229 Å². The van der Waals surface area contributed by atoms with Crippen molar-refractivity contribution in [2.45, 2.75) is 25.9 Å². The van der Waals surface area contributed by atoms with Crippen molar-refractivity contribution in [3.8, 4) is 11.1 Å². The van der Waals surface area contributed by atoms with Gasteiger partial charge >= 0.3 is 13.8 Å². The van der Waals surface area contributed by atoms with Gasteiger partial charge in [-0.1, -0.05) is 48.0 Å². The third kappa shape index (κ3) is 6.66. The first kappa shape index (κ1) is 28.3. The Hall–Kier alpha value is -2.67. The van der Waals surface area contributed by atoms with Gasteiger partial charge in [-0.3, -0.25) is 13.6 Å². The number of nitrogens with zero attached hydrogens (tertiary/aromatic N) is 1. The summed E-state index contributed by atoms with van der Waals surface area (Å²) in [6, 6.07) is 23.1. The summed E-state index contributed by atoms with van der Waals surface area (Å²) in [7, 11) is -1.10. The molecule has 0 aliphatic carbocycles. The molecule has 1 aliphatic heterocycles. The van der Waals surface area contributed by atoms with Gasteiger partial charge in [0.1, 0.15) is 0 Å². The minimum Gasteiger partial charge on any atom is -0.462 e. The zero-order valence-electron chi connectivity index (χ0n) is 21.8. The average molecular weight is 558 g/mol. The van der Waals surface area contributed by atoms with Crippen LogP contribution in [0.25, 0.3) is 11.1 Å². The Kier molecular flexibility index (Phi) is 9.64. The Morgan fingerprint density at radius 1 is 0.974 bits per heavy atom. The summed E-state index contributed by atoms with van der Waals surface area (Å²) < 4.78 is 34.8. The topological polar surface area (TPSA) is 74.3 Å². The van der Waals surface area contributed by atoms with E-state index in [1.807, 2.05) is 60.7 Å². The smallest absolute Gasteiger partial charge is 0.462 e. The van der Waals surface area contributed by atoms with Gasteiger partial charge in [0.05, 0.1) is 18.3 Å². The van der Waals surface area contributed by atoms with Gasteiger partial charge in [0.15, 0.2) is 0 Å². The lowest BCUT2D eigenvalue weighted by Gasteiger charge is -2.38. The molecule has 1 heterocycles. The van der Waals surface area contributed by atoms with E-state index in [-0.39, 0.29) is 11.9 Å². The number of hydrogen-bond acceptors (Lipinski definition) is 7. The molecule has 0 radical (unpaired) electrons. The zero-order valence-corrected chi connectivity index (χ0v) is 23.5. The molecule has 3 aromatic carbocycles. The maximum Gasteiger partial charge on any atom is 0.474 e. The maximum absolute atomic E-state index is 13.2. The number of carbonyl (C=O) groups excluding carboxylic acids is 1. The maximum atomic E-state index is 13.2. The summed E-state index contributed by atoms with van der Waals surface area (Å²) in [5, 5.41) is 0.657. The second-order valence-corrected chi connectivity index (χ2v) is 11.3. The summed E-state index contributed by atoms with van der Waals surface area (Å²) in [6.07, 6.45) is 1.08. The van der Waals surface area contributed by atoms with E-state index >= 15 is 0 Å². The number of rotatable bonds is 10. The number of hydrogen-bond donors (Lipinski definition) is 0. The normalized spacial score (nSPS) is 15.3. The average Bonchev–Trinajstić information content (AvgIpc) is 2.97. The van der Waals surface area contributed by atoms with Crippen LogP contribution in [0, 0.1) is 5.92 Å². The summed E-state index contributed by atoms with van der Waals surface area (Å²) in [5.74, 6) is -0.255. The Morgan fingerprint density at radius 2 is 1.61 bits per heavy atom. The minimum atomic E-state index is -3.76. The van der Waals surface area contributed by atoms with Crippen LogP contribution in [-0.2, 0) is 22.9 Å². The van der Waals surface area contributed by atoms with Gasteiger partial charge in [0.25, 0.3) is 0 Å². The number of halogens is 1. The van der Waals surface area contributed by atoms with Gasteiger partial charge in [-0.15, -0.1) is 0 Å². The van der Waals surface area contributed by atoms with Crippen LogP contribution in [0.15, 0.2) is 72.8 Å². The van der Waals surface area contributed by atoms with Gasteiger partial charge in [-0.05, 0) is 78.8 Å². The van der Waals surface area contributed by atoms with Crippen molar-refractivity contribution in [3.63, 3.8) is 0 Å². The van der Waals surface area contributed by atoms with Crippen LogP contribution in [0.1, 0.15) is 41.8 Å². The molecule has 9 heteroatoms. The first-order chi connectivity index (χ1) is 18.4. The van der Waals surface area contributed by atoms with Crippen LogP contribution in [0.5, 0.6) is 0 Å². The van der Waals surface area contributed by atoms with Gasteiger partial charge in [0, 0.05) is 38.0 Å². The van der Waals surface area contributed by atoms with Crippen LogP contribution < -0.4 is 4.90 Å². The predicted octanol–water partition coefficient (Wildman–Crippen LogP) is 7.56. The molecule has 1 saturated heterocycles. The van der Waals surface area contributed by atoms with Crippen molar-refractivity contribution >= 4 is 31.1 Å². The zero-order chi connectivity index (χ0) is 27.1. The number of carbonyl (C=O) groups is 1. The standard InChI is InChI=1S/C29H33ClNO6P/c1-4-36-29(32)23-11-15-25(16-12-23)31-19-17-22(18-20-31)28(37-38(33,34-2)35-3)27-8-6-5-7-26(27)21-9-13-24(30)14-10-21/h5-16,22,28H,4,17-20H2,1-3H3. The molecule has 0 N–H and O–H groups in total. The molecule has 0 aromatic heterocycles. The highest BCUT2D eigenvalue weighted by Crippen LogP contribution is 2.55. The Balaban J connectivity index is 1.58. The number of phosphoric ester groups is 1. The number of ether oxygens (including phenoxy) is 1. The van der Waals surface area contributed by atoms with Crippen molar-refractivity contribution in [2.24, 2.45) is 5.92 Å². The fraction of sp³-hybridized carbons (Fsp3) is 0.345. The second-order valence-electron chi connectivity index (χ2n) is 9.02. The molecule has 1 unspecified atom stereocenters. The van der Waals surface area contributed by atoms with Gasteiger partial charge in [-0.25, -0.2) is 9.36 Å². The third-order valence-corrected chi connectivity index (χ3v) is 8.46. The molecule has 4 rings (SSSR count). The first-order valence-electron chi connectivity index (χ1n) is 12.6. The van der Waals surface area contributed by atoms with E-state index in [2.05, 4.69) is 4.90 Å². The van der Waals surface area contributed by atoms with E-state index in [0.29, 0.717) is 17.2 Å². The SMILES string of the molecule is CCOC(=O)c1ccc(N2CCC(C(OP(=O)(OC)OC)c3ccccc3-c3ccc(Cl)cc3)CC2)cc1. The third-order valence-electron chi connectivity index (χ3n) is 6.82. The van der Waals surface area contributed by atoms with Crippen LogP contribution in [0.3, 0.4) is 0 Å². The fourth-order valence-corrected chi connectivity index (χ4v) is 5.83. The molecule has 1 fully saturated rings. The largest absolute Gasteiger partial charge is 0.474 e. The lowest BCUT2D eigenvalue weighted by atomic mass is 9.84. The van der Waals surface area contributed by atoms with Crippen LogP contribution >= 0.6 is 19.4 Å². The number of piperidine rings is 1. The molecule has 0 amide bonds. The number of benzene rings is 3. The summed E-state index contributed by atoms with van der Waals surface area (Å²) in [6.45, 7) is 3.68. The quantitative estimate of drug-likeness (QED) is 0.188. The Bertz CT molecular complexity index is 1250. The molecule has 38 heavy (non-hydrogen) atoms. The van der Waals surface area contributed by atoms with Gasteiger partial charge < -0.3 is 9.64 Å². The molecule has 1 aliphatic rings. The Morgan fingerprint density at radius 3 is 2.21 bits per heavy atom. The van der Waals surface area contributed by atoms with E-state index < -0.39 is 13.9 Å². The molecule has 3 aromatic rings. The number of phosphoric acid groups is 1. The summed E-state index contributed by atoms with van der Waals surface area (Å²) >= 11 is 6.13. The predicted molar refractivity (Wildman–Crippen MR) is 150 cm³/mol. The fourth-order valence-electron chi connectivity index (χ4n) is 4.82. The monoisotopic (exact) mass is 557 g/mol. The van der Waals surface area contributed by atoms with Gasteiger partial charge in [-0.2, -0.15) is 0 Å². The van der Waals surface area contributed by atoms with Crippen molar-refractivity contribution in [2.75, 3.05) is 38.8 Å². The van der Waals surface area contributed by atoms with E-state index in [1.165, 1.54) is 14.2 Å². The van der Waals surface area contributed by atoms with E-state index in [4.69, 9.17) is 29.9 Å². The second kappa shape index (κ2) is 12.9. The molecule has 0 spiro atoms.